The van der Waals surface area contributed by atoms with Crippen molar-refractivity contribution in [1.82, 2.24) is 14.4 Å². The van der Waals surface area contributed by atoms with E-state index in [-0.39, 0.29) is 27.6 Å². The van der Waals surface area contributed by atoms with E-state index >= 15 is 0 Å². The van der Waals surface area contributed by atoms with Crippen molar-refractivity contribution >= 4 is 21.4 Å². The minimum absolute atomic E-state index is 0.0618. The predicted molar refractivity (Wildman–Crippen MR) is 113 cm³/mol. The van der Waals surface area contributed by atoms with Crippen molar-refractivity contribution in [2.45, 2.75) is 11.8 Å². The fourth-order valence-electron chi connectivity index (χ4n) is 3.16. The van der Waals surface area contributed by atoms with Gasteiger partial charge < -0.3 is 4.74 Å². The molecule has 0 atom stereocenters. The molecule has 0 spiro atoms. The van der Waals surface area contributed by atoms with Crippen LogP contribution in [0.1, 0.15) is 5.56 Å². The van der Waals surface area contributed by atoms with Gasteiger partial charge >= 0.3 is 0 Å². The molecule has 0 saturated carbocycles. The second kappa shape index (κ2) is 7.80. The number of nitrogens with one attached hydrogen (secondary N) is 1. The molecule has 0 aliphatic carbocycles. The van der Waals surface area contributed by atoms with Gasteiger partial charge in [0.05, 0.1) is 12.0 Å². The Morgan fingerprint density at radius 1 is 1.06 bits per heavy atom. The highest BCUT2D eigenvalue weighted by molar-refractivity contribution is 7.92. The molecule has 0 aliphatic heterocycles. The van der Waals surface area contributed by atoms with Gasteiger partial charge in [-0.2, -0.15) is 0 Å². The first-order chi connectivity index (χ1) is 14.8. The van der Waals surface area contributed by atoms with Crippen LogP contribution in [0.25, 0.3) is 16.8 Å². The number of aromatic nitrogens is 3. The Hall–Kier alpha value is -3.79. The standard InChI is InChI=1S/C21H17FN4O4S/c1-13-9-16(22)4-5-18(13)31(28,29)25-17-10-15(11-24-21(17)30-2)14-3-6-19-23-8-7-20(27)26(19)12-14/h3-12,25H,1-2H3. The molecule has 0 unspecified atom stereocenters. The van der Waals surface area contributed by atoms with Gasteiger partial charge in [-0.1, -0.05) is 0 Å². The van der Waals surface area contributed by atoms with Crippen molar-refractivity contribution in [1.29, 1.82) is 0 Å². The summed E-state index contributed by atoms with van der Waals surface area (Å²) in [6.45, 7) is 1.50. The van der Waals surface area contributed by atoms with Crippen molar-refractivity contribution in [3.8, 4) is 17.0 Å². The van der Waals surface area contributed by atoms with E-state index in [1.165, 1.54) is 43.0 Å². The first kappa shape index (κ1) is 20.5. The van der Waals surface area contributed by atoms with Gasteiger partial charge in [0, 0.05) is 35.8 Å². The van der Waals surface area contributed by atoms with Crippen LogP contribution in [-0.2, 0) is 10.0 Å². The first-order valence-electron chi connectivity index (χ1n) is 9.09. The van der Waals surface area contributed by atoms with E-state index in [0.717, 1.165) is 12.1 Å². The minimum atomic E-state index is -4.04. The molecule has 3 heterocycles. The van der Waals surface area contributed by atoms with Crippen LogP contribution < -0.4 is 15.0 Å². The topological polar surface area (TPSA) is 103 Å². The summed E-state index contributed by atoms with van der Waals surface area (Å²) in [5, 5.41) is 0. The monoisotopic (exact) mass is 440 g/mol. The molecule has 1 aromatic carbocycles. The van der Waals surface area contributed by atoms with E-state index in [1.807, 2.05) is 0 Å². The molecule has 3 aromatic heterocycles. The third-order valence-corrected chi connectivity index (χ3v) is 6.16. The van der Waals surface area contributed by atoms with Crippen molar-refractivity contribution in [3.63, 3.8) is 0 Å². The number of nitrogens with zero attached hydrogens (tertiary/aromatic N) is 3. The summed E-state index contributed by atoms with van der Waals surface area (Å²) < 4.78 is 48.2. The summed E-state index contributed by atoms with van der Waals surface area (Å²) in [5.41, 5.74) is 1.76. The van der Waals surface area contributed by atoms with Crippen LogP contribution in [0.5, 0.6) is 5.88 Å². The summed E-state index contributed by atoms with van der Waals surface area (Å²) in [4.78, 5) is 20.3. The maximum absolute atomic E-state index is 13.4. The lowest BCUT2D eigenvalue weighted by Crippen LogP contribution is -2.15. The fraction of sp³-hybridized carbons (Fsp3) is 0.0952. The highest BCUT2D eigenvalue weighted by Gasteiger charge is 2.20. The Morgan fingerprint density at radius 2 is 1.87 bits per heavy atom. The second-order valence-corrected chi connectivity index (χ2v) is 8.38. The second-order valence-electron chi connectivity index (χ2n) is 6.73. The molecule has 1 N–H and O–H groups in total. The normalized spacial score (nSPS) is 11.5. The number of halogens is 1. The SMILES string of the molecule is COc1ncc(-c2ccc3nccc(=O)n3c2)cc1NS(=O)(=O)c1ccc(F)cc1C. The van der Waals surface area contributed by atoms with Gasteiger partial charge in [-0.3, -0.25) is 13.9 Å². The van der Waals surface area contributed by atoms with Crippen LogP contribution in [-0.4, -0.2) is 29.9 Å². The average molecular weight is 440 g/mol. The molecule has 10 heteroatoms. The van der Waals surface area contributed by atoms with Gasteiger partial charge in [0.2, 0.25) is 5.88 Å². The van der Waals surface area contributed by atoms with E-state index in [0.29, 0.717) is 16.8 Å². The lowest BCUT2D eigenvalue weighted by Gasteiger charge is -2.14. The number of ether oxygens (including phenoxy) is 1. The summed E-state index contributed by atoms with van der Waals surface area (Å²) in [5.74, 6) is -0.467. The molecular weight excluding hydrogens is 423 g/mol. The maximum atomic E-state index is 13.4. The molecule has 4 rings (SSSR count). The number of pyridine rings is 2. The quantitative estimate of drug-likeness (QED) is 0.512. The van der Waals surface area contributed by atoms with Gasteiger partial charge in [-0.25, -0.2) is 22.8 Å². The molecule has 0 amide bonds. The molecule has 0 bridgehead atoms. The van der Waals surface area contributed by atoms with Crippen LogP contribution in [0.3, 0.4) is 0 Å². The van der Waals surface area contributed by atoms with Crippen molar-refractivity contribution in [3.05, 3.63) is 82.8 Å². The molecule has 0 radical (unpaired) electrons. The van der Waals surface area contributed by atoms with Gasteiger partial charge in [0.25, 0.3) is 15.6 Å². The predicted octanol–water partition coefficient (Wildman–Crippen LogP) is 3.01. The highest BCUT2D eigenvalue weighted by atomic mass is 32.2. The van der Waals surface area contributed by atoms with Crippen LogP contribution in [0.2, 0.25) is 0 Å². The third-order valence-electron chi connectivity index (χ3n) is 4.64. The minimum Gasteiger partial charge on any atom is -0.480 e. The highest BCUT2D eigenvalue weighted by Crippen LogP contribution is 2.30. The van der Waals surface area contributed by atoms with Gasteiger partial charge in [-0.15, -0.1) is 0 Å². The smallest absolute Gasteiger partial charge is 0.262 e. The van der Waals surface area contributed by atoms with E-state index < -0.39 is 15.8 Å². The molecule has 8 nitrogen and oxygen atoms in total. The fourth-order valence-corrected chi connectivity index (χ4v) is 4.44. The third kappa shape index (κ3) is 3.97. The number of hydrogen-bond donors (Lipinski definition) is 1. The van der Waals surface area contributed by atoms with E-state index in [1.54, 1.807) is 24.4 Å². The molecule has 158 valence electrons. The zero-order valence-electron chi connectivity index (χ0n) is 16.5. The van der Waals surface area contributed by atoms with Crippen LogP contribution in [0.4, 0.5) is 10.1 Å². The zero-order chi connectivity index (χ0) is 22.2. The lowest BCUT2D eigenvalue weighted by atomic mass is 10.1. The van der Waals surface area contributed by atoms with Crippen LogP contribution in [0.15, 0.2) is 70.7 Å². The Bertz CT molecular complexity index is 1470. The van der Waals surface area contributed by atoms with Crippen LogP contribution in [0, 0.1) is 12.7 Å². The summed E-state index contributed by atoms with van der Waals surface area (Å²) in [6.07, 6.45) is 4.52. The first-order valence-corrected chi connectivity index (χ1v) is 10.6. The van der Waals surface area contributed by atoms with Crippen molar-refractivity contribution in [2.75, 3.05) is 11.8 Å². The number of anilines is 1. The number of aryl methyl sites for hydroxylation is 1. The lowest BCUT2D eigenvalue weighted by molar-refractivity contribution is 0.400. The van der Waals surface area contributed by atoms with Gasteiger partial charge in [-0.05, 0) is 48.9 Å². The van der Waals surface area contributed by atoms with Gasteiger partial charge in [0.1, 0.15) is 17.2 Å². The Balaban J connectivity index is 1.78. The number of sulfonamides is 1. The summed E-state index contributed by atoms with van der Waals surface area (Å²) in [6, 6.07) is 9.72. The number of rotatable bonds is 5. The van der Waals surface area contributed by atoms with Crippen LogP contribution >= 0.6 is 0 Å². The molecule has 4 aromatic rings. The number of benzene rings is 1. The summed E-state index contributed by atoms with van der Waals surface area (Å²) in [7, 11) is -2.67. The number of methoxy groups -OCH3 is 1. The van der Waals surface area contributed by atoms with Crippen molar-refractivity contribution in [2.24, 2.45) is 0 Å². The molecule has 0 aliphatic rings. The average Bonchev–Trinajstić information content (AvgIpc) is 2.73. The number of hydrogen-bond acceptors (Lipinski definition) is 6. The molecule has 31 heavy (non-hydrogen) atoms. The summed E-state index contributed by atoms with van der Waals surface area (Å²) >= 11 is 0. The Morgan fingerprint density at radius 3 is 2.61 bits per heavy atom. The van der Waals surface area contributed by atoms with Crippen molar-refractivity contribution < 1.29 is 17.5 Å². The number of fused-ring (bicyclic) bond motifs is 1. The largest absolute Gasteiger partial charge is 0.480 e. The Kier molecular flexibility index (Phi) is 5.15. The molecule has 0 saturated heterocycles. The van der Waals surface area contributed by atoms with E-state index in [4.69, 9.17) is 4.74 Å². The van der Waals surface area contributed by atoms with E-state index in [9.17, 15) is 17.6 Å². The Labute approximate surface area is 177 Å². The maximum Gasteiger partial charge on any atom is 0.262 e. The zero-order valence-corrected chi connectivity index (χ0v) is 17.4. The molecular formula is C21H17FN4O4S. The van der Waals surface area contributed by atoms with E-state index in [2.05, 4.69) is 14.7 Å². The van der Waals surface area contributed by atoms with Gasteiger partial charge in [0.15, 0.2) is 0 Å². The molecule has 0 fully saturated rings.